The van der Waals surface area contributed by atoms with Crippen LogP contribution >= 0.6 is 0 Å². The Morgan fingerprint density at radius 3 is 1.50 bits per heavy atom. The minimum atomic E-state index is -0.299. The van der Waals surface area contributed by atoms with E-state index in [-0.39, 0.29) is 5.54 Å². The van der Waals surface area contributed by atoms with Crippen LogP contribution in [0.5, 0.6) is 0 Å². The number of piperidine rings is 4. The molecular weight excluding hydrogens is 422 g/mol. The quantitative estimate of drug-likeness (QED) is 0.479. The summed E-state index contributed by atoms with van der Waals surface area (Å²) in [7, 11) is 0. The molecule has 194 valence electrons. The molecule has 5 fully saturated rings. The average molecular weight is 474 g/mol. The van der Waals surface area contributed by atoms with Crippen molar-refractivity contribution in [1.29, 1.82) is 0 Å². The number of likely N-dealkylation sites (tertiary alicyclic amines) is 5. The van der Waals surface area contributed by atoms with E-state index in [1.54, 1.807) is 0 Å². The van der Waals surface area contributed by atoms with E-state index in [4.69, 9.17) is 0 Å². The van der Waals surface area contributed by atoms with Crippen molar-refractivity contribution in [1.82, 2.24) is 24.5 Å². The Hall–Kier alpha value is -0.530. The molecule has 0 radical (unpaired) electrons. The third-order valence-corrected chi connectivity index (χ3v) is 9.77. The van der Waals surface area contributed by atoms with Crippen molar-refractivity contribution >= 4 is 6.29 Å². The predicted molar refractivity (Wildman–Crippen MR) is 139 cm³/mol. The first-order chi connectivity index (χ1) is 16.8. The lowest BCUT2D eigenvalue weighted by Crippen LogP contribution is -2.81. The van der Waals surface area contributed by atoms with Gasteiger partial charge in [-0.3, -0.25) is 9.80 Å². The highest BCUT2D eigenvalue weighted by molar-refractivity contribution is 5.68. The van der Waals surface area contributed by atoms with E-state index >= 15 is 0 Å². The molecule has 0 aromatic heterocycles. The Kier molecular flexibility index (Phi) is 8.97. The minimum Gasteiger partial charge on any atom is -0.303 e. The molecule has 0 aromatic rings. The molecule has 5 saturated heterocycles. The molecule has 0 saturated carbocycles. The van der Waals surface area contributed by atoms with Gasteiger partial charge in [-0.1, -0.05) is 25.7 Å². The molecule has 0 aromatic carbocycles. The van der Waals surface area contributed by atoms with Crippen LogP contribution < -0.4 is 0 Å². The van der Waals surface area contributed by atoms with Crippen LogP contribution in [0.4, 0.5) is 0 Å². The summed E-state index contributed by atoms with van der Waals surface area (Å²) in [5.74, 6) is 0.469. The third kappa shape index (κ3) is 5.72. The summed E-state index contributed by atoms with van der Waals surface area (Å²) in [6, 6.07) is 0.525. The van der Waals surface area contributed by atoms with Crippen LogP contribution in [0.15, 0.2) is 0 Å². The van der Waals surface area contributed by atoms with Crippen molar-refractivity contribution in [3.8, 4) is 0 Å². The van der Waals surface area contributed by atoms with Gasteiger partial charge in [-0.05, 0) is 104 Å². The fourth-order valence-electron chi connectivity index (χ4n) is 7.75. The van der Waals surface area contributed by atoms with Crippen molar-refractivity contribution in [2.24, 2.45) is 5.92 Å². The minimum absolute atomic E-state index is 0.299. The van der Waals surface area contributed by atoms with Gasteiger partial charge in [0.25, 0.3) is 0 Å². The zero-order valence-electron chi connectivity index (χ0n) is 21.8. The highest BCUT2D eigenvalue weighted by Crippen LogP contribution is 2.44. The molecule has 6 heteroatoms. The van der Waals surface area contributed by atoms with Gasteiger partial charge in [0.2, 0.25) is 0 Å². The zero-order chi connectivity index (χ0) is 23.2. The van der Waals surface area contributed by atoms with Crippen LogP contribution in [0.25, 0.3) is 0 Å². The summed E-state index contributed by atoms with van der Waals surface area (Å²) in [4.78, 5) is 26.7. The van der Waals surface area contributed by atoms with Crippen LogP contribution in [-0.2, 0) is 4.79 Å². The highest BCUT2D eigenvalue weighted by Gasteiger charge is 2.61. The van der Waals surface area contributed by atoms with Crippen LogP contribution in [0, 0.1) is 5.92 Å². The van der Waals surface area contributed by atoms with Crippen molar-refractivity contribution < 1.29 is 4.79 Å². The van der Waals surface area contributed by atoms with Crippen molar-refractivity contribution in [2.45, 2.75) is 88.6 Å². The average Bonchev–Trinajstić information content (AvgIpc) is 2.91. The Labute approximate surface area is 209 Å². The lowest BCUT2D eigenvalue weighted by molar-refractivity contribution is -0.185. The maximum Gasteiger partial charge on any atom is 0.142 e. The van der Waals surface area contributed by atoms with E-state index in [1.807, 2.05) is 0 Å². The molecule has 5 aliphatic heterocycles. The molecule has 0 amide bonds. The van der Waals surface area contributed by atoms with Gasteiger partial charge in [0.05, 0.1) is 12.2 Å². The maximum absolute atomic E-state index is 13.2. The van der Waals surface area contributed by atoms with E-state index in [1.165, 1.54) is 142 Å². The standard InChI is InChI=1S/C28H51N5O/c34-24-28(23-31-17-9-3-10-18-31)26(21-29-13-5-1-6-14-29)27(22-30-15-7-2-8-16-30)33(28)25-32-19-11-4-12-20-32/h24,26-27H,1-23,25H2. The third-order valence-electron chi connectivity index (χ3n) is 9.77. The Morgan fingerprint density at radius 2 is 1.00 bits per heavy atom. The smallest absolute Gasteiger partial charge is 0.142 e. The summed E-state index contributed by atoms with van der Waals surface area (Å²) in [6.07, 6.45) is 17.5. The lowest BCUT2D eigenvalue weighted by Gasteiger charge is -2.65. The number of rotatable bonds is 9. The molecule has 3 atom stereocenters. The maximum atomic E-state index is 13.2. The number of carbonyl (C=O) groups is 1. The van der Waals surface area contributed by atoms with Crippen molar-refractivity contribution in [3.05, 3.63) is 0 Å². The molecule has 0 spiro atoms. The van der Waals surface area contributed by atoms with Gasteiger partial charge in [-0.2, -0.15) is 0 Å². The zero-order valence-corrected chi connectivity index (χ0v) is 21.8. The lowest BCUT2D eigenvalue weighted by atomic mass is 9.67. The van der Waals surface area contributed by atoms with Crippen LogP contribution in [0.2, 0.25) is 0 Å². The molecule has 0 bridgehead atoms. The number of carbonyl (C=O) groups excluding carboxylic acids is 1. The second-order valence-electron chi connectivity index (χ2n) is 12.1. The number of nitrogens with zero attached hydrogens (tertiary/aromatic N) is 5. The molecule has 0 N–H and O–H groups in total. The van der Waals surface area contributed by atoms with E-state index in [0.717, 1.165) is 19.8 Å². The first kappa shape index (κ1) is 25.1. The Bertz CT molecular complexity index is 592. The molecule has 5 rings (SSSR count). The van der Waals surface area contributed by atoms with Gasteiger partial charge in [0.1, 0.15) is 6.29 Å². The van der Waals surface area contributed by atoms with Gasteiger partial charge in [0.15, 0.2) is 0 Å². The van der Waals surface area contributed by atoms with Crippen LogP contribution in [0.1, 0.15) is 77.0 Å². The largest absolute Gasteiger partial charge is 0.303 e. The van der Waals surface area contributed by atoms with E-state index in [0.29, 0.717) is 12.0 Å². The normalized spacial score (nSPS) is 35.8. The molecule has 5 aliphatic rings. The molecule has 6 nitrogen and oxygen atoms in total. The van der Waals surface area contributed by atoms with Crippen molar-refractivity contribution in [2.75, 3.05) is 78.7 Å². The number of hydrogen-bond acceptors (Lipinski definition) is 6. The van der Waals surface area contributed by atoms with Gasteiger partial charge >= 0.3 is 0 Å². The topological polar surface area (TPSA) is 33.3 Å². The summed E-state index contributed by atoms with van der Waals surface area (Å²) in [5, 5.41) is 0. The Balaban J connectivity index is 1.38. The van der Waals surface area contributed by atoms with E-state index < -0.39 is 0 Å². The molecule has 34 heavy (non-hydrogen) atoms. The second-order valence-corrected chi connectivity index (χ2v) is 12.1. The number of aldehydes is 1. The summed E-state index contributed by atoms with van der Waals surface area (Å²) in [6.45, 7) is 14.0. The Morgan fingerprint density at radius 1 is 0.559 bits per heavy atom. The first-order valence-electron chi connectivity index (χ1n) is 14.9. The molecule has 0 aliphatic carbocycles. The summed E-state index contributed by atoms with van der Waals surface area (Å²) < 4.78 is 0. The summed E-state index contributed by atoms with van der Waals surface area (Å²) in [5.41, 5.74) is -0.299. The summed E-state index contributed by atoms with van der Waals surface area (Å²) >= 11 is 0. The van der Waals surface area contributed by atoms with Crippen LogP contribution in [0.3, 0.4) is 0 Å². The highest BCUT2D eigenvalue weighted by atomic mass is 16.1. The second kappa shape index (κ2) is 12.1. The van der Waals surface area contributed by atoms with Gasteiger partial charge in [0, 0.05) is 31.6 Å². The van der Waals surface area contributed by atoms with Crippen LogP contribution in [-0.4, -0.2) is 121 Å². The van der Waals surface area contributed by atoms with Gasteiger partial charge in [-0.25, -0.2) is 0 Å². The number of hydrogen-bond donors (Lipinski definition) is 0. The fourth-order valence-corrected chi connectivity index (χ4v) is 7.75. The van der Waals surface area contributed by atoms with Gasteiger partial charge < -0.3 is 19.5 Å². The van der Waals surface area contributed by atoms with E-state index in [9.17, 15) is 4.79 Å². The molecule has 3 unspecified atom stereocenters. The van der Waals surface area contributed by atoms with Crippen molar-refractivity contribution in [3.63, 3.8) is 0 Å². The monoisotopic (exact) mass is 473 g/mol. The van der Waals surface area contributed by atoms with E-state index in [2.05, 4.69) is 24.5 Å². The first-order valence-corrected chi connectivity index (χ1v) is 14.9. The molecule has 5 heterocycles. The fraction of sp³-hybridized carbons (Fsp3) is 0.964. The predicted octanol–water partition coefficient (Wildman–Crippen LogP) is 3.13. The van der Waals surface area contributed by atoms with Gasteiger partial charge in [-0.15, -0.1) is 0 Å². The SMILES string of the molecule is O=CC1(CN2CCCCC2)C(CN2CCCCC2)C(CN2CCCCC2)N1CN1CCCCC1. The molecular formula is C28H51N5O.